The zero-order valence-electron chi connectivity index (χ0n) is 9.72. The molecule has 17 heavy (non-hydrogen) atoms. The van der Waals surface area contributed by atoms with E-state index in [4.69, 9.17) is 9.84 Å². The van der Waals surface area contributed by atoms with Crippen LogP contribution in [0.3, 0.4) is 0 Å². The number of likely N-dealkylation sites (tertiary alicyclic amines) is 1. The minimum absolute atomic E-state index is 0.117. The van der Waals surface area contributed by atoms with Gasteiger partial charge < -0.3 is 20.1 Å². The molecule has 2 amide bonds. The van der Waals surface area contributed by atoms with Gasteiger partial charge in [-0.15, -0.1) is 0 Å². The van der Waals surface area contributed by atoms with Crippen molar-refractivity contribution >= 4 is 12.0 Å². The summed E-state index contributed by atoms with van der Waals surface area (Å²) >= 11 is 0. The molecule has 0 aliphatic carbocycles. The van der Waals surface area contributed by atoms with Gasteiger partial charge in [0, 0.05) is 25.8 Å². The summed E-state index contributed by atoms with van der Waals surface area (Å²) in [6.07, 6.45) is 2.92. The molecule has 2 fully saturated rings. The van der Waals surface area contributed by atoms with E-state index < -0.39 is 12.0 Å². The highest BCUT2D eigenvalue weighted by Crippen LogP contribution is 2.18. The van der Waals surface area contributed by atoms with E-state index in [0.29, 0.717) is 26.2 Å². The van der Waals surface area contributed by atoms with Crippen molar-refractivity contribution in [2.75, 3.05) is 19.8 Å². The molecule has 96 valence electrons. The van der Waals surface area contributed by atoms with Crippen molar-refractivity contribution in [3.8, 4) is 0 Å². The highest BCUT2D eigenvalue weighted by Gasteiger charge is 2.34. The lowest BCUT2D eigenvalue weighted by molar-refractivity contribution is -0.141. The van der Waals surface area contributed by atoms with Crippen molar-refractivity contribution in [3.05, 3.63) is 0 Å². The number of hydrogen-bond acceptors (Lipinski definition) is 3. The number of ether oxygens (including phenoxy) is 1. The van der Waals surface area contributed by atoms with Gasteiger partial charge in [-0.3, -0.25) is 0 Å². The van der Waals surface area contributed by atoms with E-state index in [-0.39, 0.29) is 12.1 Å². The van der Waals surface area contributed by atoms with Gasteiger partial charge in [-0.25, -0.2) is 9.59 Å². The maximum atomic E-state index is 11.9. The van der Waals surface area contributed by atoms with Gasteiger partial charge in [-0.05, 0) is 25.7 Å². The van der Waals surface area contributed by atoms with E-state index in [1.165, 1.54) is 4.90 Å². The lowest BCUT2D eigenvalue weighted by Gasteiger charge is -2.28. The van der Waals surface area contributed by atoms with Crippen molar-refractivity contribution in [2.45, 2.75) is 37.8 Å². The lowest BCUT2D eigenvalue weighted by Crippen LogP contribution is -2.50. The Morgan fingerprint density at radius 3 is 2.59 bits per heavy atom. The number of nitrogens with zero attached hydrogens (tertiary/aromatic N) is 1. The predicted octanol–water partition coefficient (Wildman–Crippen LogP) is 0.424. The number of hydrogen-bond donors (Lipinski definition) is 2. The number of carbonyl (C=O) groups is 2. The van der Waals surface area contributed by atoms with Crippen LogP contribution in [0.2, 0.25) is 0 Å². The fourth-order valence-corrected chi connectivity index (χ4v) is 2.37. The van der Waals surface area contributed by atoms with E-state index in [2.05, 4.69) is 5.32 Å². The Balaban J connectivity index is 1.88. The average Bonchev–Trinajstić information content (AvgIpc) is 2.79. The van der Waals surface area contributed by atoms with Crippen molar-refractivity contribution in [3.63, 3.8) is 0 Å². The highest BCUT2D eigenvalue weighted by molar-refractivity contribution is 5.83. The van der Waals surface area contributed by atoms with Gasteiger partial charge in [-0.1, -0.05) is 0 Å². The molecule has 0 aromatic carbocycles. The summed E-state index contributed by atoms with van der Waals surface area (Å²) < 4.78 is 5.21. The van der Waals surface area contributed by atoms with Crippen LogP contribution in [0.5, 0.6) is 0 Å². The summed E-state index contributed by atoms with van der Waals surface area (Å²) in [5.74, 6) is -0.912. The molecule has 2 heterocycles. The molecule has 0 aromatic heterocycles. The molecule has 0 spiro atoms. The highest BCUT2D eigenvalue weighted by atomic mass is 16.5. The summed E-state index contributed by atoms with van der Waals surface area (Å²) in [4.78, 5) is 24.3. The molecule has 2 rings (SSSR count). The Hall–Kier alpha value is -1.30. The first-order valence-corrected chi connectivity index (χ1v) is 6.06. The topological polar surface area (TPSA) is 78.9 Å². The molecule has 6 nitrogen and oxygen atoms in total. The van der Waals surface area contributed by atoms with Crippen LogP contribution in [-0.4, -0.2) is 53.8 Å². The van der Waals surface area contributed by atoms with Crippen LogP contribution in [0, 0.1) is 0 Å². The van der Waals surface area contributed by atoms with Crippen LogP contribution >= 0.6 is 0 Å². The van der Waals surface area contributed by atoms with Gasteiger partial charge in [0.15, 0.2) is 0 Å². The van der Waals surface area contributed by atoms with E-state index in [9.17, 15) is 9.59 Å². The van der Waals surface area contributed by atoms with Crippen LogP contribution in [0.4, 0.5) is 4.79 Å². The van der Waals surface area contributed by atoms with Crippen LogP contribution in [0.25, 0.3) is 0 Å². The fourth-order valence-electron chi connectivity index (χ4n) is 2.37. The van der Waals surface area contributed by atoms with Gasteiger partial charge in [0.1, 0.15) is 6.04 Å². The molecule has 2 N–H and O–H groups in total. The van der Waals surface area contributed by atoms with Crippen LogP contribution < -0.4 is 5.32 Å². The van der Waals surface area contributed by atoms with Crippen molar-refractivity contribution in [1.29, 1.82) is 0 Å². The van der Waals surface area contributed by atoms with Crippen LogP contribution in [-0.2, 0) is 9.53 Å². The Labute approximate surface area is 99.9 Å². The number of nitrogens with one attached hydrogen (secondary N) is 1. The number of rotatable bonds is 2. The molecule has 0 aromatic rings. The lowest BCUT2D eigenvalue weighted by atomic mass is 10.1. The molecule has 2 aliphatic heterocycles. The monoisotopic (exact) mass is 242 g/mol. The molecular formula is C11H18N2O4. The van der Waals surface area contributed by atoms with Crippen LogP contribution in [0.1, 0.15) is 25.7 Å². The van der Waals surface area contributed by atoms with Gasteiger partial charge in [0.2, 0.25) is 0 Å². The second kappa shape index (κ2) is 5.35. The maximum absolute atomic E-state index is 11.9. The number of carboxylic acid groups (broad SMARTS) is 1. The zero-order valence-corrected chi connectivity index (χ0v) is 9.72. The largest absolute Gasteiger partial charge is 0.480 e. The molecule has 1 atom stereocenters. The Bertz CT molecular complexity index is 302. The third-order valence-electron chi connectivity index (χ3n) is 3.35. The first-order chi connectivity index (χ1) is 8.18. The Morgan fingerprint density at radius 1 is 1.24 bits per heavy atom. The molecule has 0 radical (unpaired) electrons. The summed E-state index contributed by atoms with van der Waals surface area (Å²) in [5, 5.41) is 11.9. The number of carboxylic acids is 1. The van der Waals surface area contributed by atoms with Crippen molar-refractivity contribution < 1.29 is 19.4 Å². The summed E-state index contributed by atoms with van der Waals surface area (Å²) in [7, 11) is 0. The van der Waals surface area contributed by atoms with E-state index in [1.54, 1.807) is 0 Å². The minimum atomic E-state index is -0.912. The number of aliphatic carboxylic acids is 1. The minimum Gasteiger partial charge on any atom is -0.480 e. The van der Waals surface area contributed by atoms with Gasteiger partial charge in [0.05, 0.1) is 0 Å². The molecule has 0 bridgehead atoms. The Morgan fingerprint density at radius 2 is 1.94 bits per heavy atom. The van der Waals surface area contributed by atoms with Crippen molar-refractivity contribution in [2.24, 2.45) is 0 Å². The van der Waals surface area contributed by atoms with Crippen LogP contribution in [0.15, 0.2) is 0 Å². The molecule has 1 unspecified atom stereocenters. The second-order valence-corrected chi connectivity index (χ2v) is 4.53. The number of urea groups is 1. The van der Waals surface area contributed by atoms with E-state index in [0.717, 1.165) is 19.3 Å². The van der Waals surface area contributed by atoms with Crippen molar-refractivity contribution in [1.82, 2.24) is 10.2 Å². The standard InChI is InChI=1S/C11H18N2O4/c14-10(15)9-2-1-5-13(9)11(16)12-8-3-6-17-7-4-8/h8-9H,1-7H2,(H,12,16)(H,14,15). The zero-order chi connectivity index (χ0) is 12.3. The van der Waals surface area contributed by atoms with E-state index in [1.807, 2.05) is 0 Å². The summed E-state index contributed by atoms with van der Waals surface area (Å²) in [6, 6.07) is -0.789. The number of carbonyl (C=O) groups excluding carboxylic acids is 1. The summed E-state index contributed by atoms with van der Waals surface area (Å²) in [5.41, 5.74) is 0. The predicted molar refractivity (Wildman–Crippen MR) is 59.7 cm³/mol. The van der Waals surface area contributed by atoms with Gasteiger partial charge in [0.25, 0.3) is 0 Å². The Kier molecular flexibility index (Phi) is 3.83. The molecular weight excluding hydrogens is 224 g/mol. The molecule has 2 saturated heterocycles. The quantitative estimate of drug-likeness (QED) is 0.735. The normalized spacial score (nSPS) is 25.9. The molecule has 2 aliphatic rings. The maximum Gasteiger partial charge on any atom is 0.326 e. The first kappa shape index (κ1) is 12.2. The third kappa shape index (κ3) is 2.88. The molecule has 6 heteroatoms. The second-order valence-electron chi connectivity index (χ2n) is 4.53. The average molecular weight is 242 g/mol. The van der Waals surface area contributed by atoms with Gasteiger partial charge >= 0.3 is 12.0 Å². The van der Waals surface area contributed by atoms with Gasteiger partial charge in [-0.2, -0.15) is 0 Å². The molecule has 0 saturated carbocycles. The van der Waals surface area contributed by atoms with E-state index >= 15 is 0 Å². The summed E-state index contributed by atoms with van der Waals surface area (Å²) in [6.45, 7) is 1.85. The SMILES string of the molecule is O=C(O)C1CCCN1C(=O)NC1CCOCC1. The number of amides is 2. The third-order valence-corrected chi connectivity index (χ3v) is 3.35. The first-order valence-electron chi connectivity index (χ1n) is 6.06. The fraction of sp³-hybridized carbons (Fsp3) is 0.818. The smallest absolute Gasteiger partial charge is 0.326 e.